The molecule has 1 aromatic rings. The molecule has 0 radical (unpaired) electrons. The van der Waals surface area contributed by atoms with Crippen molar-refractivity contribution in [1.29, 1.82) is 0 Å². The molecule has 0 saturated carbocycles. The number of hydrogen-bond donors (Lipinski definition) is 2. The lowest BCUT2D eigenvalue weighted by Gasteiger charge is -2.06. The van der Waals surface area contributed by atoms with Crippen molar-refractivity contribution in [2.24, 2.45) is 5.73 Å². The second-order valence-electron chi connectivity index (χ2n) is 2.76. The summed E-state index contributed by atoms with van der Waals surface area (Å²) in [5, 5.41) is 2.90. The second-order valence-corrected chi connectivity index (χ2v) is 2.76. The Bertz CT molecular complexity index is 276. The van der Waals surface area contributed by atoms with Crippen molar-refractivity contribution in [3.8, 4) is 0 Å². The van der Waals surface area contributed by atoms with E-state index in [-0.39, 0.29) is 12.4 Å². The predicted molar refractivity (Wildman–Crippen MR) is 50.9 cm³/mol. The predicted octanol–water partition coefficient (Wildman–Crippen LogP) is 1.50. The van der Waals surface area contributed by atoms with Gasteiger partial charge in [-0.15, -0.1) is 0 Å². The number of rotatable bonds is 4. The molecule has 0 aliphatic heterocycles. The SMILES string of the molecule is CCCNc1nccc(CN)c1F. The highest BCUT2D eigenvalue weighted by Crippen LogP contribution is 2.13. The maximum Gasteiger partial charge on any atom is 0.169 e. The first kappa shape index (κ1) is 9.92. The molecule has 0 aliphatic rings. The van der Waals surface area contributed by atoms with Gasteiger partial charge in [-0.25, -0.2) is 9.37 Å². The van der Waals surface area contributed by atoms with Gasteiger partial charge < -0.3 is 11.1 Å². The van der Waals surface area contributed by atoms with Crippen LogP contribution < -0.4 is 11.1 Å². The van der Waals surface area contributed by atoms with Crippen LogP contribution in [0.3, 0.4) is 0 Å². The fraction of sp³-hybridized carbons (Fsp3) is 0.444. The Morgan fingerprint density at radius 2 is 2.38 bits per heavy atom. The zero-order valence-electron chi connectivity index (χ0n) is 7.68. The Balaban J connectivity index is 2.81. The van der Waals surface area contributed by atoms with E-state index in [1.165, 1.54) is 0 Å². The molecule has 0 fully saturated rings. The molecule has 0 saturated heterocycles. The van der Waals surface area contributed by atoms with Crippen LogP contribution in [0.1, 0.15) is 18.9 Å². The summed E-state index contributed by atoms with van der Waals surface area (Å²) in [6.07, 6.45) is 2.50. The Hall–Kier alpha value is -1.16. The van der Waals surface area contributed by atoms with Gasteiger partial charge in [0.05, 0.1) is 0 Å². The van der Waals surface area contributed by atoms with Crippen LogP contribution in [-0.2, 0) is 6.54 Å². The molecule has 3 N–H and O–H groups in total. The van der Waals surface area contributed by atoms with Crippen LogP contribution >= 0.6 is 0 Å². The maximum absolute atomic E-state index is 13.4. The van der Waals surface area contributed by atoms with E-state index in [9.17, 15) is 4.39 Å². The lowest BCUT2D eigenvalue weighted by molar-refractivity contribution is 0.607. The minimum absolute atomic E-state index is 0.204. The highest BCUT2D eigenvalue weighted by Gasteiger charge is 2.06. The number of nitrogens with zero attached hydrogens (tertiary/aromatic N) is 1. The van der Waals surface area contributed by atoms with Gasteiger partial charge >= 0.3 is 0 Å². The first-order valence-corrected chi connectivity index (χ1v) is 4.37. The summed E-state index contributed by atoms with van der Waals surface area (Å²) in [5.41, 5.74) is 5.85. The van der Waals surface area contributed by atoms with Crippen LogP contribution in [0.5, 0.6) is 0 Å². The van der Waals surface area contributed by atoms with Crippen LogP contribution in [0.15, 0.2) is 12.3 Å². The van der Waals surface area contributed by atoms with E-state index in [1.807, 2.05) is 6.92 Å². The highest BCUT2D eigenvalue weighted by atomic mass is 19.1. The van der Waals surface area contributed by atoms with E-state index >= 15 is 0 Å². The van der Waals surface area contributed by atoms with Crippen molar-refractivity contribution in [3.05, 3.63) is 23.6 Å². The van der Waals surface area contributed by atoms with Crippen molar-refractivity contribution >= 4 is 5.82 Å². The molecule has 3 nitrogen and oxygen atoms in total. The van der Waals surface area contributed by atoms with Gasteiger partial charge in [0.25, 0.3) is 0 Å². The van der Waals surface area contributed by atoms with Crippen molar-refractivity contribution in [2.75, 3.05) is 11.9 Å². The van der Waals surface area contributed by atoms with Gasteiger partial charge in [-0.1, -0.05) is 6.92 Å². The molecule has 13 heavy (non-hydrogen) atoms. The van der Waals surface area contributed by atoms with Gasteiger partial charge in [0.2, 0.25) is 0 Å². The third-order valence-corrected chi connectivity index (χ3v) is 1.73. The molecule has 72 valence electrons. The lowest BCUT2D eigenvalue weighted by atomic mass is 10.2. The third-order valence-electron chi connectivity index (χ3n) is 1.73. The minimum atomic E-state index is -0.335. The number of halogens is 1. The first-order valence-electron chi connectivity index (χ1n) is 4.37. The monoisotopic (exact) mass is 183 g/mol. The molecule has 0 bridgehead atoms. The van der Waals surface area contributed by atoms with Crippen molar-refractivity contribution < 1.29 is 4.39 Å². The number of aromatic nitrogens is 1. The van der Waals surface area contributed by atoms with Crippen LogP contribution in [0.25, 0.3) is 0 Å². The van der Waals surface area contributed by atoms with Crippen LogP contribution in [0, 0.1) is 5.82 Å². The summed E-state index contributed by atoms with van der Waals surface area (Å²) in [5.74, 6) is -0.0387. The Labute approximate surface area is 77.2 Å². The number of hydrogen-bond acceptors (Lipinski definition) is 3. The first-order chi connectivity index (χ1) is 6.29. The lowest BCUT2D eigenvalue weighted by Crippen LogP contribution is -2.08. The molecule has 0 amide bonds. The zero-order valence-corrected chi connectivity index (χ0v) is 7.68. The summed E-state index contributed by atoms with van der Waals surface area (Å²) in [6.45, 7) is 2.94. The maximum atomic E-state index is 13.4. The van der Waals surface area contributed by atoms with E-state index in [1.54, 1.807) is 12.3 Å². The molecule has 1 heterocycles. The molecule has 1 rings (SSSR count). The highest BCUT2D eigenvalue weighted by molar-refractivity contribution is 5.39. The number of pyridine rings is 1. The van der Waals surface area contributed by atoms with E-state index in [0.29, 0.717) is 11.4 Å². The normalized spacial score (nSPS) is 10.1. The van der Waals surface area contributed by atoms with E-state index in [4.69, 9.17) is 5.73 Å². The molecular formula is C9H14FN3. The summed E-state index contributed by atoms with van der Waals surface area (Å²) in [6, 6.07) is 1.59. The number of nitrogens with two attached hydrogens (primary N) is 1. The van der Waals surface area contributed by atoms with Crippen LogP contribution in [-0.4, -0.2) is 11.5 Å². The fourth-order valence-electron chi connectivity index (χ4n) is 1.01. The van der Waals surface area contributed by atoms with Gasteiger partial charge in [0, 0.05) is 24.8 Å². The molecule has 0 aromatic carbocycles. The van der Waals surface area contributed by atoms with Gasteiger partial charge in [-0.2, -0.15) is 0 Å². The van der Waals surface area contributed by atoms with Crippen LogP contribution in [0.4, 0.5) is 10.2 Å². The van der Waals surface area contributed by atoms with Gasteiger partial charge in [0.1, 0.15) is 0 Å². The molecule has 0 unspecified atom stereocenters. The smallest absolute Gasteiger partial charge is 0.169 e. The third kappa shape index (κ3) is 2.39. The second kappa shape index (κ2) is 4.77. The molecule has 0 aliphatic carbocycles. The Kier molecular flexibility index (Phi) is 3.64. The minimum Gasteiger partial charge on any atom is -0.368 e. The summed E-state index contributed by atoms with van der Waals surface area (Å²) >= 11 is 0. The van der Waals surface area contributed by atoms with Crippen molar-refractivity contribution in [1.82, 2.24) is 4.98 Å². The standard InChI is InChI=1S/C9H14FN3/c1-2-4-12-9-8(10)7(6-11)3-5-13-9/h3,5H,2,4,6,11H2,1H3,(H,12,13). The molecular weight excluding hydrogens is 169 g/mol. The van der Waals surface area contributed by atoms with Gasteiger partial charge in [-0.3, -0.25) is 0 Å². The average molecular weight is 183 g/mol. The molecule has 0 spiro atoms. The average Bonchev–Trinajstić information content (AvgIpc) is 2.16. The molecule has 0 atom stereocenters. The number of anilines is 1. The zero-order chi connectivity index (χ0) is 9.68. The Morgan fingerprint density at radius 3 is 3.00 bits per heavy atom. The summed E-state index contributed by atoms with van der Waals surface area (Å²) in [7, 11) is 0. The Morgan fingerprint density at radius 1 is 1.62 bits per heavy atom. The fourth-order valence-corrected chi connectivity index (χ4v) is 1.01. The van der Waals surface area contributed by atoms with E-state index in [2.05, 4.69) is 10.3 Å². The number of nitrogens with one attached hydrogen (secondary N) is 1. The van der Waals surface area contributed by atoms with Gasteiger partial charge in [-0.05, 0) is 12.5 Å². The van der Waals surface area contributed by atoms with E-state index in [0.717, 1.165) is 13.0 Å². The van der Waals surface area contributed by atoms with Crippen molar-refractivity contribution in [3.63, 3.8) is 0 Å². The summed E-state index contributed by atoms with van der Waals surface area (Å²) < 4.78 is 13.4. The molecule has 4 heteroatoms. The quantitative estimate of drug-likeness (QED) is 0.743. The summed E-state index contributed by atoms with van der Waals surface area (Å²) in [4.78, 5) is 3.88. The van der Waals surface area contributed by atoms with E-state index < -0.39 is 0 Å². The topological polar surface area (TPSA) is 50.9 Å². The largest absolute Gasteiger partial charge is 0.368 e. The van der Waals surface area contributed by atoms with Crippen molar-refractivity contribution in [2.45, 2.75) is 19.9 Å². The van der Waals surface area contributed by atoms with Crippen LogP contribution in [0.2, 0.25) is 0 Å². The molecule has 1 aromatic heterocycles. The van der Waals surface area contributed by atoms with Gasteiger partial charge in [0.15, 0.2) is 11.6 Å².